The van der Waals surface area contributed by atoms with Crippen molar-refractivity contribution >= 4 is 9.84 Å². The van der Waals surface area contributed by atoms with E-state index in [0.29, 0.717) is 19.4 Å². The maximum absolute atomic E-state index is 13.1. The van der Waals surface area contributed by atoms with Crippen LogP contribution < -0.4 is 5.73 Å². The fraction of sp³-hybridized carbons (Fsp3) is 0.571. The molecular weight excluding hydrogens is 279 g/mol. The van der Waals surface area contributed by atoms with E-state index in [1.807, 2.05) is 6.07 Å². The van der Waals surface area contributed by atoms with E-state index < -0.39 is 9.84 Å². The first-order chi connectivity index (χ1) is 9.46. The Labute approximate surface area is 119 Å². The molecule has 1 aromatic carbocycles. The van der Waals surface area contributed by atoms with Crippen molar-refractivity contribution in [3.05, 3.63) is 35.6 Å². The number of nitrogens with zero attached hydrogens (tertiary/aromatic N) is 1. The molecule has 4 nitrogen and oxygen atoms in total. The van der Waals surface area contributed by atoms with Crippen LogP contribution in [0.4, 0.5) is 4.39 Å². The fourth-order valence-corrected chi connectivity index (χ4v) is 3.75. The summed E-state index contributed by atoms with van der Waals surface area (Å²) in [5.41, 5.74) is 6.85. The minimum Gasteiger partial charge on any atom is -0.324 e. The Morgan fingerprint density at radius 2 is 2.10 bits per heavy atom. The lowest BCUT2D eigenvalue weighted by Gasteiger charge is -2.21. The molecule has 1 heterocycles. The van der Waals surface area contributed by atoms with Gasteiger partial charge in [0.05, 0.1) is 11.5 Å². The second-order valence-electron chi connectivity index (χ2n) is 5.30. The number of hydrogen-bond acceptors (Lipinski definition) is 4. The predicted molar refractivity (Wildman–Crippen MR) is 77.7 cm³/mol. The molecule has 0 aliphatic carbocycles. The number of halogens is 1. The molecule has 2 N–H and O–H groups in total. The van der Waals surface area contributed by atoms with Crippen molar-refractivity contribution in [3.63, 3.8) is 0 Å². The molecule has 6 heteroatoms. The monoisotopic (exact) mass is 300 g/mol. The summed E-state index contributed by atoms with van der Waals surface area (Å²) < 4.78 is 36.2. The van der Waals surface area contributed by atoms with Gasteiger partial charge in [0.25, 0.3) is 0 Å². The van der Waals surface area contributed by atoms with Crippen LogP contribution in [-0.4, -0.2) is 44.5 Å². The van der Waals surface area contributed by atoms with Crippen molar-refractivity contribution in [1.82, 2.24) is 4.90 Å². The Kier molecular flexibility index (Phi) is 5.12. The van der Waals surface area contributed by atoms with Gasteiger partial charge in [-0.05, 0) is 43.6 Å². The molecule has 1 unspecified atom stereocenters. The van der Waals surface area contributed by atoms with Crippen LogP contribution in [0.25, 0.3) is 0 Å². The molecular formula is C14H21FN2O2S. The van der Waals surface area contributed by atoms with Crippen molar-refractivity contribution in [2.24, 2.45) is 5.73 Å². The molecule has 0 spiro atoms. The topological polar surface area (TPSA) is 63.4 Å². The largest absolute Gasteiger partial charge is 0.324 e. The van der Waals surface area contributed by atoms with E-state index in [1.165, 1.54) is 12.1 Å². The summed E-state index contributed by atoms with van der Waals surface area (Å²) in [6.07, 6.45) is 1.38. The van der Waals surface area contributed by atoms with Gasteiger partial charge in [-0.15, -0.1) is 0 Å². The first kappa shape index (κ1) is 15.4. The van der Waals surface area contributed by atoms with Crippen molar-refractivity contribution in [1.29, 1.82) is 0 Å². The average molecular weight is 300 g/mol. The molecule has 2 rings (SSSR count). The zero-order valence-electron chi connectivity index (χ0n) is 11.5. The molecule has 1 aliphatic heterocycles. The lowest BCUT2D eigenvalue weighted by molar-refractivity contribution is 0.283. The van der Waals surface area contributed by atoms with E-state index in [-0.39, 0.29) is 23.4 Å². The number of nitrogens with two attached hydrogens (primary N) is 1. The van der Waals surface area contributed by atoms with Gasteiger partial charge in [-0.3, -0.25) is 0 Å². The third kappa shape index (κ3) is 4.54. The fourth-order valence-electron chi connectivity index (χ4n) is 2.44. The van der Waals surface area contributed by atoms with Gasteiger partial charge in [-0.1, -0.05) is 12.1 Å². The summed E-state index contributed by atoms with van der Waals surface area (Å²) in [4.78, 5) is 2.13. The van der Waals surface area contributed by atoms with E-state index in [1.54, 1.807) is 6.07 Å². The molecule has 0 radical (unpaired) electrons. The van der Waals surface area contributed by atoms with Crippen LogP contribution in [0.5, 0.6) is 0 Å². The lowest BCUT2D eigenvalue weighted by Crippen LogP contribution is -2.30. The highest BCUT2D eigenvalue weighted by atomic mass is 32.2. The Morgan fingerprint density at radius 3 is 2.85 bits per heavy atom. The lowest BCUT2D eigenvalue weighted by atomic mass is 10.0. The van der Waals surface area contributed by atoms with Crippen molar-refractivity contribution in [2.45, 2.75) is 18.9 Å². The van der Waals surface area contributed by atoms with Crippen LogP contribution in [-0.2, 0) is 9.84 Å². The van der Waals surface area contributed by atoms with E-state index in [4.69, 9.17) is 5.73 Å². The molecule has 1 atom stereocenters. The molecule has 20 heavy (non-hydrogen) atoms. The Morgan fingerprint density at radius 1 is 1.30 bits per heavy atom. The van der Waals surface area contributed by atoms with Gasteiger partial charge in [0, 0.05) is 12.6 Å². The average Bonchev–Trinajstić information content (AvgIpc) is 2.57. The highest BCUT2D eigenvalue weighted by molar-refractivity contribution is 7.91. The molecule has 0 aromatic heterocycles. The van der Waals surface area contributed by atoms with Crippen LogP contribution in [0.15, 0.2) is 24.3 Å². The molecule has 0 saturated carbocycles. The summed E-state index contributed by atoms with van der Waals surface area (Å²) in [6, 6.07) is 6.11. The minimum absolute atomic E-state index is 0.217. The van der Waals surface area contributed by atoms with E-state index in [0.717, 1.165) is 18.7 Å². The predicted octanol–water partition coefficient (Wildman–Crippen LogP) is 1.34. The number of sulfone groups is 1. The van der Waals surface area contributed by atoms with E-state index >= 15 is 0 Å². The molecule has 0 bridgehead atoms. The van der Waals surface area contributed by atoms with Crippen LogP contribution in [0.2, 0.25) is 0 Å². The SMILES string of the molecule is NC(CCN1CCCS(=O)(=O)CC1)c1cccc(F)c1. The summed E-state index contributed by atoms with van der Waals surface area (Å²) in [5, 5.41) is 0. The second-order valence-corrected chi connectivity index (χ2v) is 7.60. The molecule has 1 aliphatic rings. The summed E-state index contributed by atoms with van der Waals surface area (Å²) in [7, 11) is -2.87. The first-order valence-electron chi connectivity index (χ1n) is 6.90. The Bertz CT molecular complexity index is 548. The highest BCUT2D eigenvalue weighted by Gasteiger charge is 2.19. The highest BCUT2D eigenvalue weighted by Crippen LogP contribution is 2.16. The van der Waals surface area contributed by atoms with Gasteiger partial charge in [-0.25, -0.2) is 12.8 Å². The summed E-state index contributed by atoms with van der Waals surface area (Å²) in [5.74, 6) is 0.223. The maximum Gasteiger partial charge on any atom is 0.151 e. The van der Waals surface area contributed by atoms with Crippen LogP contribution in [0.3, 0.4) is 0 Å². The van der Waals surface area contributed by atoms with Gasteiger partial charge in [-0.2, -0.15) is 0 Å². The smallest absolute Gasteiger partial charge is 0.151 e. The first-order valence-corrected chi connectivity index (χ1v) is 8.72. The zero-order valence-corrected chi connectivity index (χ0v) is 12.3. The van der Waals surface area contributed by atoms with Crippen molar-refractivity contribution in [3.8, 4) is 0 Å². The number of rotatable bonds is 4. The van der Waals surface area contributed by atoms with Gasteiger partial charge < -0.3 is 10.6 Å². The van der Waals surface area contributed by atoms with E-state index in [9.17, 15) is 12.8 Å². The molecule has 1 fully saturated rings. The quantitative estimate of drug-likeness (QED) is 0.911. The van der Waals surface area contributed by atoms with Crippen LogP contribution >= 0.6 is 0 Å². The van der Waals surface area contributed by atoms with E-state index in [2.05, 4.69) is 4.90 Å². The van der Waals surface area contributed by atoms with Gasteiger partial charge >= 0.3 is 0 Å². The molecule has 112 valence electrons. The maximum atomic E-state index is 13.1. The third-order valence-electron chi connectivity index (χ3n) is 3.68. The van der Waals surface area contributed by atoms with Crippen molar-refractivity contribution in [2.75, 3.05) is 31.1 Å². The van der Waals surface area contributed by atoms with Crippen molar-refractivity contribution < 1.29 is 12.8 Å². The van der Waals surface area contributed by atoms with Crippen LogP contribution in [0, 0.1) is 5.82 Å². The molecule has 0 amide bonds. The normalized spacial score (nSPS) is 21.3. The van der Waals surface area contributed by atoms with Gasteiger partial charge in [0.2, 0.25) is 0 Å². The third-order valence-corrected chi connectivity index (χ3v) is 5.40. The summed E-state index contributed by atoms with van der Waals surface area (Å²) in [6.45, 7) is 2.10. The van der Waals surface area contributed by atoms with Gasteiger partial charge in [0.15, 0.2) is 9.84 Å². The number of hydrogen-bond donors (Lipinski definition) is 1. The number of benzene rings is 1. The molecule has 1 saturated heterocycles. The second kappa shape index (κ2) is 6.65. The van der Waals surface area contributed by atoms with Gasteiger partial charge in [0.1, 0.15) is 5.82 Å². The van der Waals surface area contributed by atoms with Crippen LogP contribution in [0.1, 0.15) is 24.4 Å². The Hall–Kier alpha value is -0.980. The minimum atomic E-state index is -2.87. The Balaban J connectivity index is 1.86. The zero-order chi connectivity index (χ0) is 14.6. The standard InChI is InChI=1S/C14H21FN2O2S/c15-13-4-1-3-12(11-13)14(16)5-7-17-6-2-9-20(18,19)10-8-17/h1,3-4,11,14H,2,5-10,16H2. The summed E-state index contributed by atoms with van der Waals surface area (Å²) >= 11 is 0. The molecule has 1 aromatic rings.